The number of furan rings is 1. The highest BCUT2D eigenvalue weighted by molar-refractivity contribution is 5.95. The molecule has 2 aromatic carbocycles. The molecule has 6 nitrogen and oxygen atoms in total. The number of carbonyl (C=O) groups is 2. The zero-order valence-electron chi connectivity index (χ0n) is 16.0. The molecule has 3 rings (SSSR count). The van der Waals surface area contributed by atoms with Crippen LogP contribution in [-0.4, -0.2) is 17.9 Å². The van der Waals surface area contributed by atoms with Crippen molar-refractivity contribution in [3.8, 4) is 6.07 Å². The molecule has 0 aliphatic carbocycles. The third-order valence-electron chi connectivity index (χ3n) is 4.55. The summed E-state index contributed by atoms with van der Waals surface area (Å²) in [5.74, 6) is -0.598. The van der Waals surface area contributed by atoms with Crippen LogP contribution in [0.2, 0.25) is 0 Å². The topological polar surface area (TPSA) is 95.1 Å². The molecule has 0 fully saturated rings. The van der Waals surface area contributed by atoms with Gasteiger partial charge in [0.25, 0.3) is 5.91 Å². The number of hydrogen-bond acceptors (Lipinski definition) is 4. The van der Waals surface area contributed by atoms with E-state index in [2.05, 4.69) is 16.7 Å². The monoisotopic (exact) mass is 387 g/mol. The van der Waals surface area contributed by atoms with E-state index in [1.54, 1.807) is 36.4 Å². The zero-order chi connectivity index (χ0) is 20.6. The Balaban J connectivity index is 1.73. The number of hydrogen-bond donors (Lipinski definition) is 2. The second-order valence-corrected chi connectivity index (χ2v) is 6.66. The van der Waals surface area contributed by atoms with Gasteiger partial charge in [0.05, 0.1) is 23.9 Å². The lowest BCUT2D eigenvalue weighted by molar-refractivity contribution is -0.123. The van der Waals surface area contributed by atoms with E-state index in [-0.39, 0.29) is 17.7 Å². The summed E-state index contributed by atoms with van der Waals surface area (Å²) in [4.78, 5) is 25.4. The Morgan fingerprint density at radius 3 is 2.34 bits per heavy atom. The number of rotatable bonds is 7. The summed E-state index contributed by atoms with van der Waals surface area (Å²) in [5.41, 5.74) is 2.35. The average molecular weight is 387 g/mol. The average Bonchev–Trinajstić information content (AvgIpc) is 3.29. The van der Waals surface area contributed by atoms with Crippen LogP contribution in [0.3, 0.4) is 0 Å². The Hall–Kier alpha value is -3.85. The summed E-state index contributed by atoms with van der Waals surface area (Å²) in [6, 6.07) is 20.7. The van der Waals surface area contributed by atoms with Gasteiger partial charge in [0.1, 0.15) is 6.04 Å². The highest BCUT2D eigenvalue weighted by Gasteiger charge is 2.24. The number of amides is 2. The van der Waals surface area contributed by atoms with E-state index < -0.39 is 11.9 Å². The van der Waals surface area contributed by atoms with E-state index in [1.807, 2.05) is 37.3 Å². The molecule has 0 saturated heterocycles. The van der Waals surface area contributed by atoms with Gasteiger partial charge in [0.2, 0.25) is 5.91 Å². The molecule has 2 amide bonds. The fourth-order valence-corrected chi connectivity index (χ4v) is 2.94. The fourth-order valence-electron chi connectivity index (χ4n) is 2.94. The molecule has 146 valence electrons. The van der Waals surface area contributed by atoms with Gasteiger partial charge in [-0.1, -0.05) is 42.5 Å². The molecular weight excluding hydrogens is 366 g/mol. The van der Waals surface area contributed by atoms with Crippen LogP contribution in [0.25, 0.3) is 0 Å². The van der Waals surface area contributed by atoms with E-state index in [0.717, 1.165) is 11.1 Å². The summed E-state index contributed by atoms with van der Waals surface area (Å²) in [7, 11) is 0. The smallest absolute Gasteiger partial charge is 0.287 e. The molecule has 3 aromatic rings. The predicted octanol–water partition coefficient (Wildman–Crippen LogP) is 3.37. The van der Waals surface area contributed by atoms with Crippen LogP contribution >= 0.6 is 0 Å². The third-order valence-corrected chi connectivity index (χ3v) is 4.55. The van der Waals surface area contributed by atoms with Crippen molar-refractivity contribution in [3.05, 3.63) is 95.4 Å². The van der Waals surface area contributed by atoms with Crippen LogP contribution < -0.4 is 10.6 Å². The summed E-state index contributed by atoms with van der Waals surface area (Å²) >= 11 is 0. The lowest BCUT2D eigenvalue weighted by Crippen LogP contribution is -2.48. The van der Waals surface area contributed by atoms with Crippen LogP contribution in [0, 0.1) is 11.3 Å². The van der Waals surface area contributed by atoms with Crippen LogP contribution in [0.1, 0.15) is 40.2 Å². The van der Waals surface area contributed by atoms with Crippen molar-refractivity contribution < 1.29 is 14.0 Å². The first kappa shape index (κ1) is 19.9. The van der Waals surface area contributed by atoms with Crippen LogP contribution in [-0.2, 0) is 11.2 Å². The Bertz CT molecular complexity index is 990. The van der Waals surface area contributed by atoms with Gasteiger partial charge in [0.15, 0.2) is 5.76 Å². The minimum absolute atomic E-state index is 0.149. The molecule has 2 atom stereocenters. The van der Waals surface area contributed by atoms with Crippen molar-refractivity contribution in [1.82, 2.24) is 10.6 Å². The lowest BCUT2D eigenvalue weighted by atomic mass is 10.0. The van der Waals surface area contributed by atoms with Crippen molar-refractivity contribution in [1.29, 1.82) is 5.26 Å². The van der Waals surface area contributed by atoms with Gasteiger partial charge in [-0.25, -0.2) is 0 Å². The van der Waals surface area contributed by atoms with Gasteiger partial charge < -0.3 is 15.1 Å². The molecule has 6 heteroatoms. The van der Waals surface area contributed by atoms with Crippen molar-refractivity contribution in [3.63, 3.8) is 0 Å². The van der Waals surface area contributed by atoms with E-state index in [4.69, 9.17) is 9.68 Å². The molecule has 0 aliphatic rings. The zero-order valence-corrected chi connectivity index (χ0v) is 16.0. The molecule has 0 spiro atoms. The van der Waals surface area contributed by atoms with E-state index in [1.165, 1.54) is 6.26 Å². The van der Waals surface area contributed by atoms with Gasteiger partial charge in [-0.3, -0.25) is 9.59 Å². The highest BCUT2D eigenvalue weighted by Crippen LogP contribution is 2.14. The highest BCUT2D eigenvalue weighted by atomic mass is 16.3. The minimum Gasteiger partial charge on any atom is -0.459 e. The van der Waals surface area contributed by atoms with Gasteiger partial charge in [-0.05, 0) is 42.3 Å². The van der Waals surface area contributed by atoms with Crippen LogP contribution in [0.15, 0.2) is 77.4 Å². The fraction of sp³-hybridized carbons (Fsp3) is 0.174. The Morgan fingerprint density at radius 2 is 1.72 bits per heavy atom. The van der Waals surface area contributed by atoms with Gasteiger partial charge in [0, 0.05) is 6.42 Å². The van der Waals surface area contributed by atoms with E-state index in [0.29, 0.717) is 12.0 Å². The van der Waals surface area contributed by atoms with Crippen molar-refractivity contribution in [2.45, 2.75) is 25.4 Å². The molecule has 0 aliphatic heterocycles. The number of nitrogens with one attached hydrogen (secondary N) is 2. The molecule has 2 N–H and O–H groups in total. The second kappa shape index (κ2) is 9.38. The number of nitrogens with zero attached hydrogens (tertiary/aromatic N) is 1. The normalized spacial score (nSPS) is 12.4. The molecule has 0 radical (unpaired) electrons. The Morgan fingerprint density at radius 1 is 1.00 bits per heavy atom. The summed E-state index contributed by atoms with van der Waals surface area (Å²) < 4.78 is 5.13. The van der Waals surface area contributed by atoms with Crippen molar-refractivity contribution in [2.24, 2.45) is 0 Å². The first-order chi connectivity index (χ1) is 14.1. The van der Waals surface area contributed by atoms with Crippen LogP contribution in [0.4, 0.5) is 0 Å². The number of nitriles is 1. The first-order valence-electron chi connectivity index (χ1n) is 9.25. The quantitative estimate of drug-likeness (QED) is 0.650. The summed E-state index contributed by atoms with van der Waals surface area (Å²) in [5, 5.41) is 14.6. The molecule has 0 bridgehead atoms. The van der Waals surface area contributed by atoms with Crippen molar-refractivity contribution in [2.75, 3.05) is 0 Å². The standard InChI is InChI=1S/C23H21N3O3/c1-16(19-11-9-18(15-24)10-12-19)25-22(27)20(14-17-6-3-2-4-7-17)26-23(28)21-8-5-13-29-21/h2-13,16,20H,14H2,1H3,(H,25,27)(H,26,28). The van der Waals surface area contributed by atoms with Crippen molar-refractivity contribution >= 4 is 11.8 Å². The number of carbonyl (C=O) groups excluding carboxylic acids is 2. The Labute approximate surface area is 169 Å². The van der Waals surface area contributed by atoms with Gasteiger partial charge in [-0.15, -0.1) is 0 Å². The maximum Gasteiger partial charge on any atom is 0.287 e. The van der Waals surface area contributed by atoms with Gasteiger partial charge >= 0.3 is 0 Å². The molecule has 2 unspecified atom stereocenters. The summed E-state index contributed by atoms with van der Waals surface area (Å²) in [6.07, 6.45) is 1.76. The maximum atomic E-state index is 13.0. The maximum absolute atomic E-state index is 13.0. The van der Waals surface area contributed by atoms with E-state index in [9.17, 15) is 9.59 Å². The van der Waals surface area contributed by atoms with E-state index >= 15 is 0 Å². The van der Waals surface area contributed by atoms with Gasteiger partial charge in [-0.2, -0.15) is 5.26 Å². The largest absolute Gasteiger partial charge is 0.459 e. The minimum atomic E-state index is -0.768. The Kier molecular flexibility index (Phi) is 6.43. The SMILES string of the molecule is CC(NC(=O)C(Cc1ccccc1)NC(=O)c1ccco1)c1ccc(C#N)cc1. The molecule has 1 aromatic heterocycles. The predicted molar refractivity (Wildman–Crippen MR) is 108 cm³/mol. The lowest BCUT2D eigenvalue weighted by Gasteiger charge is -2.21. The molecule has 1 heterocycles. The third kappa shape index (κ3) is 5.33. The number of benzene rings is 2. The first-order valence-corrected chi connectivity index (χ1v) is 9.25. The summed E-state index contributed by atoms with van der Waals surface area (Å²) in [6.45, 7) is 1.85. The molecule has 29 heavy (non-hydrogen) atoms. The second-order valence-electron chi connectivity index (χ2n) is 6.66. The molecular formula is C23H21N3O3. The van der Waals surface area contributed by atoms with Crippen LogP contribution in [0.5, 0.6) is 0 Å². The molecule has 0 saturated carbocycles.